The second kappa shape index (κ2) is 8.61. The van der Waals surface area contributed by atoms with Crippen LogP contribution in [0.15, 0.2) is 53.4 Å². The quantitative estimate of drug-likeness (QED) is 0.632. The summed E-state index contributed by atoms with van der Waals surface area (Å²) in [7, 11) is -3.66. The van der Waals surface area contributed by atoms with Gasteiger partial charge in [-0.1, -0.05) is 12.1 Å². The molecule has 3 aromatic rings. The third-order valence-corrected chi connectivity index (χ3v) is 7.83. The second-order valence-corrected chi connectivity index (χ2v) is 11.2. The Morgan fingerprint density at radius 1 is 1.09 bits per heavy atom. The lowest BCUT2D eigenvalue weighted by atomic mass is 9.97. The van der Waals surface area contributed by atoms with E-state index in [1.807, 2.05) is 34.9 Å². The summed E-state index contributed by atoms with van der Waals surface area (Å²) in [6.07, 6.45) is 0.855. The van der Waals surface area contributed by atoms with Crippen LogP contribution in [0.25, 0.3) is 11.0 Å². The number of para-hydroxylation sites is 2. The van der Waals surface area contributed by atoms with Crippen molar-refractivity contribution in [3.8, 4) is 6.07 Å². The van der Waals surface area contributed by atoms with Crippen molar-refractivity contribution >= 4 is 32.9 Å². The molecule has 0 spiro atoms. The summed E-state index contributed by atoms with van der Waals surface area (Å²) >= 11 is 0. The van der Waals surface area contributed by atoms with Crippen molar-refractivity contribution in [3.63, 3.8) is 0 Å². The molecule has 9 heteroatoms. The van der Waals surface area contributed by atoms with Crippen LogP contribution in [0.5, 0.6) is 0 Å². The van der Waals surface area contributed by atoms with Gasteiger partial charge in [-0.05, 0) is 70.0 Å². The van der Waals surface area contributed by atoms with Crippen LogP contribution in [-0.2, 0) is 20.4 Å². The first kappa shape index (κ1) is 23.0. The lowest BCUT2D eigenvalue weighted by molar-refractivity contribution is -0.121. The molecular weight excluding hydrogens is 438 g/mol. The van der Waals surface area contributed by atoms with Crippen molar-refractivity contribution in [3.05, 3.63) is 54.1 Å². The minimum Gasteiger partial charge on any atom is -0.305 e. The van der Waals surface area contributed by atoms with Gasteiger partial charge in [0.1, 0.15) is 0 Å². The van der Waals surface area contributed by atoms with E-state index in [4.69, 9.17) is 5.26 Å². The Morgan fingerprint density at radius 3 is 2.33 bits per heavy atom. The third kappa shape index (κ3) is 4.49. The Balaban J connectivity index is 1.47. The molecule has 0 bridgehead atoms. The number of aromatic nitrogens is 2. The standard InChI is InChI=1S/C24H27N5O3S/c1-24(2,3)29-21-7-5-4-6-20(21)26-23(29)27-22(30)18-12-14-28(15-13-18)33(31,32)19-10-8-17(16-25)9-11-19/h4-11,18H,12-15H2,1-3H3,(H,26,27,30). The first-order valence-electron chi connectivity index (χ1n) is 10.9. The summed E-state index contributed by atoms with van der Waals surface area (Å²) in [5, 5.41) is 11.9. The SMILES string of the molecule is CC(C)(C)n1c(NC(=O)C2CCN(S(=O)(=O)c3ccc(C#N)cc3)CC2)nc2ccccc21. The molecule has 0 unspecified atom stereocenters. The highest BCUT2D eigenvalue weighted by Gasteiger charge is 2.33. The van der Waals surface area contributed by atoms with E-state index < -0.39 is 10.0 Å². The number of carbonyl (C=O) groups is 1. The molecule has 33 heavy (non-hydrogen) atoms. The van der Waals surface area contributed by atoms with Gasteiger partial charge in [-0.25, -0.2) is 13.4 Å². The highest BCUT2D eigenvalue weighted by Crippen LogP contribution is 2.30. The minimum absolute atomic E-state index is 0.147. The Kier molecular flexibility index (Phi) is 5.99. The number of anilines is 1. The van der Waals surface area contributed by atoms with E-state index in [9.17, 15) is 13.2 Å². The smallest absolute Gasteiger partial charge is 0.243 e. The van der Waals surface area contributed by atoms with Gasteiger partial charge in [-0.3, -0.25) is 10.1 Å². The van der Waals surface area contributed by atoms with Crippen molar-refractivity contribution in [2.75, 3.05) is 18.4 Å². The zero-order valence-corrected chi connectivity index (χ0v) is 19.8. The Morgan fingerprint density at radius 2 is 1.73 bits per heavy atom. The van der Waals surface area contributed by atoms with Crippen LogP contribution < -0.4 is 5.32 Å². The number of imidazole rings is 1. The number of rotatable bonds is 4. The Hall–Kier alpha value is -3.22. The number of benzene rings is 2. The van der Waals surface area contributed by atoms with Crippen molar-refractivity contribution < 1.29 is 13.2 Å². The maximum absolute atomic E-state index is 13.1. The van der Waals surface area contributed by atoms with Gasteiger partial charge < -0.3 is 4.57 Å². The fraction of sp³-hybridized carbons (Fsp3) is 0.375. The van der Waals surface area contributed by atoms with Gasteiger partial charge in [-0.15, -0.1) is 0 Å². The van der Waals surface area contributed by atoms with Gasteiger partial charge in [0.05, 0.1) is 27.6 Å². The molecule has 2 heterocycles. The molecule has 172 valence electrons. The van der Waals surface area contributed by atoms with Gasteiger partial charge in [0, 0.05) is 24.5 Å². The third-order valence-electron chi connectivity index (χ3n) is 5.91. The predicted octanol–water partition coefficient (Wildman–Crippen LogP) is 3.70. The molecule has 1 amide bonds. The number of fused-ring (bicyclic) bond motifs is 1. The van der Waals surface area contributed by atoms with E-state index in [0.29, 0.717) is 24.4 Å². The lowest BCUT2D eigenvalue weighted by Gasteiger charge is -2.31. The molecule has 8 nitrogen and oxygen atoms in total. The molecule has 4 rings (SSSR count). The van der Waals surface area contributed by atoms with Crippen LogP contribution in [0, 0.1) is 17.2 Å². The molecule has 0 saturated carbocycles. The summed E-state index contributed by atoms with van der Waals surface area (Å²) in [6, 6.07) is 15.6. The molecule has 1 fully saturated rings. The molecule has 0 radical (unpaired) electrons. The van der Waals surface area contributed by atoms with Crippen molar-refractivity contribution in [2.24, 2.45) is 5.92 Å². The summed E-state index contributed by atoms with van der Waals surface area (Å²) in [5.41, 5.74) is 1.89. The highest BCUT2D eigenvalue weighted by atomic mass is 32.2. The van der Waals surface area contributed by atoms with Crippen LogP contribution >= 0.6 is 0 Å². The number of piperidine rings is 1. The van der Waals surface area contributed by atoms with E-state index in [-0.39, 0.29) is 35.3 Å². The van der Waals surface area contributed by atoms with E-state index >= 15 is 0 Å². The summed E-state index contributed by atoms with van der Waals surface area (Å²) in [5.74, 6) is 0.0539. The van der Waals surface area contributed by atoms with Gasteiger partial charge in [0.15, 0.2) is 0 Å². The number of amides is 1. The second-order valence-electron chi connectivity index (χ2n) is 9.23. The van der Waals surface area contributed by atoms with E-state index in [1.165, 1.54) is 28.6 Å². The molecule has 1 aliphatic rings. The number of nitrogens with zero attached hydrogens (tertiary/aromatic N) is 4. The zero-order chi connectivity index (χ0) is 23.8. The maximum Gasteiger partial charge on any atom is 0.243 e. The molecule has 1 saturated heterocycles. The fourth-order valence-electron chi connectivity index (χ4n) is 4.21. The number of hydrogen-bond acceptors (Lipinski definition) is 5. The monoisotopic (exact) mass is 465 g/mol. The molecule has 1 aromatic heterocycles. The molecule has 0 aliphatic carbocycles. The van der Waals surface area contributed by atoms with Crippen molar-refractivity contribution in [1.29, 1.82) is 5.26 Å². The number of nitrogens with one attached hydrogen (secondary N) is 1. The fourth-order valence-corrected chi connectivity index (χ4v) is 5.68. The zero-order valence-electron chi connectivity index (χ0n) is 18.9. The van der Waals surface area contributed by atoms with Gasteiger partial charge in [0.2, 0.25) is 21.9 Å². The average molecular weight is 466 g/mol. The number of nitriles is 1. The molecular formula is C24H27N5O3S. The minimum atomic E-state index is -3.66. The van der Waals surface area contributed by atoms with Crippen LogP contribution in [0.4, 0.5) is 5.95 Å². The van der Waals surface area contributed by atoms with Crippen LogP contribution in [0.1, 0.15) is 39.2 Å². The van der Waals surface area contributed by atoms with E-state index in [1.54, 1.807) is 0 Å². The van der Waals surface area contributed by atoms with Gasteiger partial charge in [-0.2, -0.15) is 9.57 Å². The maximum atomic E-state index is 13.1. The summed E-state index contributed by atoms with van der Waals surface area (Å²) in [6.45, 7) is 6.70. The summed E-state index contributed by atoms with van der Waals surface area (Å²) < 4.78 is 29.3. The molecule has 1 N–H and O–H groups in total. The normalized spacial score (nSPS) is 15.9. The Bertz CT molecular complexity index is 1320. The molecule has 2 aromatic carbocycles. The highest BCUT2D eigenvalue weighted by molar-refractivity contribution is 7.89. The average Bonchev–Trinajstić information content (AvgIpc) is 3.17. The number of carbonyl (C=O) groups excluding carboxylic acids is 1. The summed E-state index contributed by atoms with van der Waals surface area (Å²) in [4.78, 5) is 17.8. The van der Waals surface area contributed by atoms with Gasteiger partial charge >= 0.3 is 0 Å². The molecule has 0 atom stereocenters. The number of hydrogen-bond donors (Lipinski definition) is 1. The first-order chi connectivity index (χ1) is 15.6. The van der Waals surface area contributed by atoms with Crippen molar-refractivity contribution in [1.82, 2.24) is 13.9 Å². The number of sulfonamides is 1. The van der Waals surface area contributed by atoms with Crippen LogP contribution in [0.2, 0.25) is 0 Å². The van der Waals surface area contributed by atoms with Crippen LogP contribution in [-0.4, -0.2) is 41.3 Å². The topological polar surface area (TPSA) is 108 Å². The van der Waals surface area contributed by atoms with Gasteiger partial charge in [0.25, 0.3) is 0 Å². The van der Waals surface area contributed by atoms with Crippen LogP contribution in [0.3, 0.4) is 0 Å². The Labute approximate surface area is 193 Å². The lowest BCUT2D eigenvalue weighted by Crippen LogP contribution is -2.41. The largest absolute Gasteiger partial charge is 0.305 e. The molecule has 1 aliphatic heterocycles. The first-order valence-corrected chi connectivity index (χ1v) is 12.3. The van der Waals surface area contributed by atoms with E-state index in [0.717, 1.165) is 11.0 Å². The van der Waals surface area contributed by atoms with E-state index in [2.05, 4.69) is 31.1 Å². The predicted molar refractivity (Wildman–Crippen MR) is 126 cm³/mol. The van der Waals surface area contributed by atoms with Crippen molar-refractivity contribution in [2.45, 2.75) is 44.0 Å².